The normalized spacial score (nSPS) is 12.6. The minimum atomic E-state index is -1.43. The molecule has 3 aromatic carbocycles. The number of nitrogens with one attached hydrogen (secondary N) is 2. The maximum atomic E-state index is 13.6. The number of aliphatic hydroxyl groups is 1. The van der Waals surface area contributed by atoms with Gasteiger partial charge in [0.15, 0.2) is 0 Å². The molecule has 0 aromatic heterocycles. The van der Waals surface area contributed by atoms with Gasteiger partial charge in [0, 0.05) is 5.69 Å². The van der Waals surface area contributed by atoms with Crippen molar-refractivity contribution in [2.45, 2.75) is 38.5 Å². The van der Waals surface area contributed by atoms with E-state index in [1.54, 1.807) is 57.2 Å². The van der Waals surface area contributed by atoms with Crippen LogP contribution >= 0.6 is 0 Å². The minimum absolute atomic E-state index is 0.457. The van der Waals surface area contributed by atoms with Crippen LogP contribution in [0.1, 0.15) is 32.4 Å². The molecule has 0 bridgehead atoms. The second-order valence-corrected chi connectivity index (χ2v) is 9.37. The van der Waals surface area contributed by atoms with Crippen LogP contribution in [-0.4, -0.2) is 52.7 Å². The summed E-state index contributed by atoms with van der Waals surface area (Å²) in [5.41, 5.74) is 0.143. The van der Waals surface area contributed by atoms with E-state index in [4.69, 9.17) is 4.74 Å². The number of amides is 3. The lowest BCUT2D eigenvalue weighted by atomic mass is 10.0. The molecule has 2 unspecified atom stereocenters. The second-order valence-electron chi connectivity index (χ2n) is 9.37. The van der Waals surface area contributed by atoms with E-state index in [0.29, 0.717) is 11.3 Å². The predicted octanol–water partition coefficient (Wildman–Crippen LogP) is 3.76. The topological polar surface area (TPSA) is 132 Å². The maximum absolute atomic E-state index is 13.6. The summed E-state index contributed by atoms with van der Waals surface area (Å²) in [5, 5.41) is 26.5. The van der Waals surface area contributed by atoms with Crippen molar-refractivity contribution in [3.8, 4) is 6.07 Å². The highest BCUT2D eigenvalue weighted by molar-refractivity contribution is 6.00. The van der Waals surface area contributed by atoms with E-state index in [-0.39, 0.29) is 0 Å². The van der Waals surface area contributed by atoms with Crippen LogP contribution in [0.2, 0.25) is 0 Å². The van der Waals surface area contributed by atoms with Gasteiger partial charge in [0.25, 0.3) is 5.91 Å². The largest absolute Gasteiger partial charge is 0.444 e. The van der Waals surface area contributed by atoms with Crippen molar-refractivity contribution in [1.82, 2.24) is 10.2 Å². The minimum Gasteiger partial charge on any atom is -0.444 e. The van der Waals surface area contributed by atoms with Gasteiger partial charge in [0.2, 0.25) is 5.91 Å². The van der Waals surface area contributed by atoms with Gasteiger partial charge in [-0.2, -0.15) is 5.26 Å². The van der Waals surface area contributed by atoms with Crippen molar-refractivity contribution in [2.24, 2.45) is 0 Å². The molecule has 2 atom stereocenters. The average Bonchev–Trinajstić information content (AvgIpc) is 2.86. The van der Waals surface area contributed by atoms with Gasteiger partial charge in [-0.3, -0.25) is 9.59 Å². The number of rotatable bonds is 8. The van der Waals surface area contributed by atoms with Crippen molar-refractivity contribution in [2.75, 3.05) is 18.5 Å². The highest BCUT2D eigenvalue weighted by Crippen LogP contribution is 2.25. The number of carbonyl (C=O) groups excluding carboxylic acids is 3. The molecule has 3 amide bonds. The molecule has 3 N–H and O–H groups in total. The molecule has 0 saturated heterocycles. The van der Waals surface area contributed by atoms with E-state index < -0.39 is 48.7 Å². The fourth-order valence-corrected chi connectivity index (χ4v) is 3.79. The molecular weight excluding hydrogens is 472 g/mol. The molecule has 37 heavy (non-hydrogen) atoms. The molecule has 0 saturated carbocycles. The molecule has 0 spiro atoms. The first-order chi connectivity index (χ1) is 17.6. The van der Waals surface area contributed by atoms with Gasteiger partial charge in [-0.05, 0) is 49.2 Å². The van der Waals surface area contributed by atoms with E-state index in [1.807, 2.05) is 42.5 Å². The molecule has 0 aliphatic carbocycles. The Labute approximate surface area is 215 Å². The summed E-state index contributed by atoms with van der Waals surface area (Å²) in [5.74, 6) is -1.36. The first kappa shape index (κ1) is 27.2. The average molecular weight is 503 g/mol. The highest BCUT2D eigenvalue weighted by Gasteiger charge is 2.36. The van der Waals surface area contributed by atoms with Gasteiger partial charge < -0.3 is 25.4 Å². The number of nitrogens with zero attached hydrogens (tertiary/aromatic N) is 2. The van der Waals surface area contributed by atoms with E-state index in [0.717, 1.165) is 15.7 Å². The lowest BCUT2D eigenvalue weighted by Gasteiger charge is -2.32. The summed E-state index contributed by atoms with van der Waals surface area (Å²) in [6.45, 7) is 3.76. The summed E-state index contributed by atoms with van der Waals surface area (Å²) in [6, 6.07) is 20.9. The number of hydrogen-bond acceptors (Lipinski definition) is 6. The number of benzene rings is 3. The Hall–Kier alpha value is -4.42. The monoisotopic (exact) mass is 502 g/mol. The third kappa shape index (κ3) is 7.29. The van der Waals surface area contributed by atoms with Crippen LogP contribution in [-0.2, 0) is 14.3 Å². The van der Waals surface area contributed by atoms with Gasteiger partial charge in [-0.25, -0.2) is 4.79 Å². The van der Waals surface area contributed by atoms with Crippen LogP contribution in [0, 0.1) is 11.3 Å². The Morgan fingerprint density at radius 3 is 2.27 bits per heavy atom. The third-order valence-corrected chi connectivity index (χ3v) is 5.39. The molecule has 0 heterocycles. The molecule has 0 fully saturated rings. The molecule has 0 aliphatic heterocycles. The van der Waals surface area contributed by atoms with Crippen molar-refractivity contribution in [3.63, 3.8) is 0 Å². The SMILES string of the molecule is CC(C)(C)OC(=O)NC(CO)C(=O)N(CC#N)C(C(=O)Nc1ccc2ccccc2c1)c1ccccc1. The van der Waals surface area contributed by atoms with Crippen molar-refractivity contribution < 1.29 is 24.2 Å². The van der Waals surface area contributed by atoms with Crippen LogP contribution in [0.15, 0.2) is 72.8 Å². The fraction of sp³-hybridized carbons (Fsp3) is 0.286. The summed E-state index contributed by atoms with van der Waals surface area (Å²) < 4.78 is 5.19. The zero-order valence-corrected chi connectivity index (χ0v) is 21.0. The quantitative estimate of drug-likeness (QED) is 0.402. The van der Waals surface area contributed by atoms with Crippen LogP contribution in [0.5, 0.6) is 0 Å². The Morgan fingerprint density at radius 2 is 1.65 bits per heavy atom. The van der Waals surface area contributed by atoms with E-state index in [1.165, 1.54) is 0 Å². The molecule has 9 heteroatoms. The number of nitriles is 1. The number of fused-ring (bicyclic) bond motifs is 1. The van der Waals surface area contributed by atoms with Gasteiger partial charge in [0.05, 0.1) is 12.7 Å². The lowest BCUT2D eigenvalue weighted by Crippen LogP contribution is -2.54. The highest BCUT2D eigenvalue weighted by atomic mass is 16.6. The molecule has 3 aromatic rings. The zero-order valence-electron chi connectivity index (χ0n) is 21.0. The van der Waals surface area contributed by atoms with Gasteiger partial charge in [-0.15, -0.1) is 0 Å². The van der Waals surface area contributed by atoms with Crippen LogP contribution in [0.25, 0.3) is 10.8 Å². The third-order valence-electron chi connectivity index (χ3n) is 5.39. The Kier molecular flexibility index (Phi) is 8.82. The van der Waals surface area contributed by atoms with E-state index in [9.17, 15) is 24.8 Å². The Balaban J connectivity index is 1.93. The Bertz CT molecular complexity index is 1300. The molecule has 3 rings (SSSR count). The summed E-state index contributed by atoms with van der Waals surface area (Å²) in [7, 11) is 0. The summed E-state index contributed by atoms with van der Waals surface area (Å²) in [6.07, 6.45) is -0.909. The predicted molar refractivity (Wildman–Crippen MR) is 139 cm³/mol. The number of ether oxygens (including phenoxy) is 1. The van der Waals surface area contributed by atoms with E-state index >= 15 is 0 Å². The van der Waals surface area contributed by atoms with Gasteiger partial charge in [-0.1, -0.05) is 60.7 Å². The molecule has 9 nitrogen and oxygen atoms in total. The van der Waals surface area contributed by atoms with Crippen LogP contribution < -0.4 is 10.6 Å². The van der Waals surface area contributed by atoms with E-state index in [2.05, 4.69) is 10.6 Å². The summed E-state index contributed by atoms with van der Waals surface area (Å²) >= 11 is 0. The zero-order chi connectivity index (χ0) is 27.0. The molecule has 0 aliphatic rings. The first-order valence-corrected chi connectivity index (χ1v) is 11.8. The van der Waals surface area contributed by atoms with Crippen molar-refractivity contribution in [1.29, 1.82) is 5.26 Å². The molecule has 192 valence electrons. The first-order valence-electron chi connectivity index (χ1n) is 11.8. The summed E-state index contributed by atoms with van der Waals surface area (Å²) in [4.78, 5) is 40.4. The molecular formula is C28H30N4O5. The number of aliphatic hydroxyl groups excluding tert-OH is 1. The van der Waals surface area contributed by atoms with Crippen LogP contribution in [0.3, 0.4) is 0 Å². The molecule has 0 radical (unpaired) electrons. The number of hydrogen-bond donors (Lipinski definition) is 3. The van der Waals surface area contributed by atoms with Crippen molar-refractivity contribution in [3.05, 3.63) is 78.4 Å². The maximum Gasteiger partial charge on any atom is 0.408 e. The van der Waals surface area contributed by atoms with Crippen LogP contribution in [0.4, 0.5) is 10.5 Å². The smallest absolute Gasteiger partial charge is 0.408 e. The Morgan fingerprint density at radius 1 is 1.00 bits per heavy atom. The number of carbonyl (C=O) groups is 3. The van der Waals surface area contributed by atoms with Gasteiger partial charge >= 0.3 is 6.09 Å². The van der Waals surface area contributed by atoms with Crippen molar-refractivity contribution >= 4 is 34.4 Å². The number of anilines is 1. The second kappa shape index (κ2) is 12.0. The number of alkyl carbamates (subject to hydrolysis) is 1. The van der Waals surface area contributed by atoms with Gasteiger partial charge in [0.1, 0.15) is 24.2 Å². The standard InChI is InChI=1S/C28H30N4O5/c1-28(2,3)37-27(36)31-23(18-33)26(35)32(16-15-29)24(20-10-5-4-6-11-20)25(34)30-22-14-13-19-9-7-8-12-21(19)17-22/h4-14,17,23-24,33H,16,18H2,1-3H3,(H,30,34)(H,31,36). The lowest BCUT2D eigenvalue weighted by molar-refractivity contribution is -0.140. The fourth-order valence-electron chi connectivity index (χ4n) is 3.79.